The van der Waals surface area contributed by atoms with Crippen LogP contribution in [0, 0.1) is 15.9 Å². The monoisotopic (exact) mass is 293 g/mol. The zero-order valence-electron chi connectivity index (χ0n) is 11.1. The summed E-state index contributed by atoms with van der Waals surface area (Å²) in [6.45, 7) is 1.86. The molecule has 0 saturated carbocycles. The number of nitrogens with zero attached hydrogens (tertiary/aromatic N) is 2. The number of benzene rings is 1. The molecule has 21 heavy (non-hydrogen) atoms. The second-order valence-corrected chi connectivity index (χ2v) is 4.18. The summed E-state index contributed by atoms with van der Waals surface area (Å²) in [6, 6.07) is 2.76. The van der Waals surface area contributed by atoms with Gasteiger partial charge in [-0.15, -0.1) is 0 Å². The van der Waals surface area contributed by atoms with E-state index in [0.717, 1.165) is 18.2 Å². The molecule has 2 rings (SSSR count). The van der Waals surface area contributed by atoms with Gasteiger partial charge in [0.15, 0.2) is 0 Å². The molecule has 1 amide bonds. The van der Waals surface area contributed by atoms with Gasteiger partial charge in [-0.2, -0.15) is 0 Å². The highest BCUT2D eigenvalue weighted by molar-refractivity contribution is 5.95. The molecule has 1 heterocycles. The number of rotatable bonds is 5. The van der Waals surface area contributed by atoms with Crippen LogP contribution in [0.1, 0.15) is 28.9 Å². The molecule has 2 aromatic rings. The number of carbonyl (C=O) groups excluding carboxylic acids is 1. The number of halogens is 1. The molecule has 0 aliphatic heterocycles. The molecule has 7 nitrogen and oxygen atoms in total. The predicted molar refractivity (Wildman–Crippen MR) is 70.1 cm³/mol. The second-order valence-electron chi connectivity index (χ2n) is 4.18. The molecule has 0 fully saturated rings. The lowest BCUT2D eigenvalue weighted by atomic mass is 10.1. The summed E-state index contributed by atoms with van der Waals surface area (Å²) in [6.07, 6.45) is 2.20. The number of carbonyl (C=O) groups is 1. The summed E-state index contributed by atoms with van der Waals surface area (Å²) in [7, 11) is 0. The fourth-order valence-corrected chi connectivity index (χ4v) is 1.65. The van der Waals surface area contributed by atoms with Crippen LogP contribution in [0.4, 0.5) is 10.1 Å². The Morgan fingerprint density at radius 3 is 2.90 bits per heavy atom. The van der Waals surface area contributed by atoms with Crippen LogP contribution in [0.25, 0.3) is 0 Å². The van der Waals surface area contributed by atoms with Crippen molar-refractivity contribution in [2.75, 3.05) is 0 Å². The molecule has 0 spiro atoms. The van der Waals surface area contributed by atoms with Gasteiger partial charge >= 0.3 is 0 Å². The van der Waals surface area contributed by atoms with E-state index in [-0.39, 0.29) is 18.1 Å². The highest BCUT2D eigenvalue weighted by Crippen LogP contribution is 2.16. The van der Waals surface area contributed by atoms with Crippen molar-refractivity contribution in [2.45, 2.75) is 19.9 Å². The average Bonchev–Trinajstić information content (AvgIpc) is 2.93. The first-order chi connectivity index (χ1) is 10.0. The Bertz CT molecular complexity index is 684. The van der Waals surface area contributed by atoms with Crippen molar-refractivity contribution < 1.29 is 18.5 Å². The number of nitro groups is 1. The summed E-state index contributed by atoms with van der Waals surface area (Å²) in [5, 5.41) is 13.0. The minimum absolute atomic E-state index is 0.0268. The van der Waals surface area contributed by atoms with Crippen LogP contribution in [0.2, 0.25) is 0 Å². The summed E-state index contributed by atoms with van der Waals surface area (Å²) in [4.78, 5) is 25.7. The maximum absolute atomic E-state index is 13.5. The van der Waals surface area contributed by atoms with Gasteiger partial charge in [-0.1, -0.05) is 6.92 Å². The maximum atomic E-state index is 13.5. The number of aromatic nitrogens is 1. The highest BCUT2D eigenvalue weighted by Gasteiger charge is 2.17. The molecule has 0 saturated heterocycles. The lowest BCUT2D eigenvalue weighted by Crippen LogP contribution is -2.24. The van der Waals surface area contributed by atoms with Crippen molar-refractivity contribution >= 4 is 11.6 Å². The molecule has 0 atom stereocenters. The molecule has 110 valence electrons. The Morgan fingerprint density at radius 1 is 1.52 bits per heavy atom. The summed E-state index contributed by atoms with van der Waals surface area (Å²) >= 11 is 0. The minimum Gasteiger partial charge on any atom is -0.444 e. The van der Waals surface area contributed by atoms with Crippen LogP contribution in [-0.4, -0.2) is 15.8 Å². The Morgan fingerprint density at radius 2 is 2.29 bits per heavy atom. The number of nitrogens with one attached hydrogen (secondary N) is 1. The van der Waals surface area contributed by atoms with Gasteiger partial charge in [0.05, 0.1) is 23.2 Å². The van der Waals surface area contributed by atoms with Gasteiger partial charge < -0.3 is 9.73 Å². The number of hydrogen-bond donors (Lipinski definition) is 1. The van der Waals surface area contributed by atoms with Gasteiger partial charge in [-0.25, -0.2) is 9.37 Å². The molecule has 1 aromatic carbocycles. The van der Waals surface area contributed by atoms with Gasteiger partial charge in [-0.05, 0) is 6.07 Å². The Kier molecular flexibility index (Phi) is 4.27. The molecule has 1 N–H and O–H groups in total. The molecular weight excluding hydrogens is 281 g/mol. The summed E-state index contributed by atoms with van der Waals surface area (Å²) < 4.78 is 18.8. The van der Waals surface area contributed by atoms with E-state index in [9.17, 15) is 19.3 Å². The SMILES string of the molecule is CCc1cnc(CNC(=O)c2cc([N+](=O)[O-])ccc2F)o1. The van der Waals surface area contributed by atoms with E-state index in [4.69, 9.17) is 4.42 Å². The van der Waals surface area contributed by atoms with Crippen LogP contribution >= 0.6 is 0 Å². The first-order valence-electron chi connectivity index (χ1n) is 6.17. The first-order valence-corrected chi connectivity index (χ1v) is 6.17. The first kappa shape index (κ1) is 14.6. The molecule has 0 bridgehead atoms. The van der Waals surface area contributed by atoms with Gasteiger partial charge in [0.1, 0.15) is 11.6 Å². The third-order valence-electron chi connectivity index (χ3n) is 2.76. The summed E-state index contributed by atoms with van der Waals surface area (Å²) in [5.41, 5.74) is -0.752. The average molecular weight is 293 g/mol. The lowest BCUT2D eigenvalue weighted by molar-refractivity contribution is -0.384. The van der Waals surface area contributed by atoms with Crippen molar-refractivity contribution in [2.24, 2.45) is 0 Å². The van der Waals surface area contributed by atoms with Crippen molar-refractivity contribution in [3.63, 3.8) is 0 Å². The van der Waals surface area contributed by atoms with Crippen molar-refractivity contribution in [3.05, 3.63) is 57.5 Å². The zero-order chi connectivity index (χ0) is 15.4. The number of amides is 1. The Hall–Kier alpha value is -2.77. The van der Waals surface area contributed by atoms with Crippen molar-refractivity contribution in [1.82, 2.24) is 10.3 Å². The highest BCUT2D eigenvalue weighted by atomic mass is 19.1. The van der Waals surface area contributed by atoms with E-state index in [1.165, 1.54) is 6.20 Å². The van der Waals surface area contributed by atoms with Crippen LogP contribution in [-0.2, 0) is 13.0 Å². The quantitative estimate of drug-likeness (QED) is 0.673. The van der Waals surface area contributed by atoms with Gasteiger partial charge in [0, 0.05) is 18.6 Å². The third-order valence-corrected chi connectivity index (χ3v) is 2.76. The fraction of sp³-hybridized carbons (Fsp3) is 0.231. The van der Waals surface area contributed by atoms with E-state index in [1.54, 1.807) is 0 Å². The van der Waals surface area contributed by atoms with Crippen molar-refractivity contribution in [1.29, 1.82) is 0 Å². The van der Waals surface area contributed by atoms with Gasteiger partial charge in [0.2, 0.25) is 5.89 Å². The number of hydrogen-bond acceptors (Lipinski definition) is 5. The molecule has 0 radical (unpaired) electrons. The fourth-order valence-electron chi connectivity index (χ4n) is 1.65. The predicted octanol–water partition coefficient (Wildman–Crippen LogP) is 2.21. The van der Waals surface area contributed by atoms with E-state index in [2.05, 4.69) is 10.3 Å². The molecule has 1 aromatic heterocycles. The molecule has 0 aliphatic carbocycles. The van der Waals surface area contributed by atoms with Crippen LogP contribution in [0.5, 0.6) is 0 Å². The Labute approximate surface area is 118 Å². The topological polar surface area (TPSA) is 98.3 Å². The molecule has 0 unspecified atom stereocenters. The minimum atomic E-state index is -0.834. The standard InChI is InChI=1S/C13H12FN3O4/c1-2-9-6-15-12(21-9)7-16-13(18)10-5-8(17(19)20)3-4-11(10)14/h3-6H,2,7H2,1H3,(H,16,18). The third kappa shape index (κ3) is 3.41. The number of non-ortho nitro benzene ring substituents is 1. The second kappa shape index (κ2) is 6.12. The van der Waals surface area contributed by atoms with Crippen LogP contribution < -0.4 is 5.32 Å². The number of aryl methyl sites for hydroxylation is 1. The van der Waals surface area contributed by atoms with Gasteiger partial charge in [0.25, 0.3) is 11.6 Å². The Balaban J connectivity index is 2.09. The lowest BCUT2D eigenvalue weighted by Gasteiger charge is -2.04. The zero-order valence-corrected chi connectivity index (χ0v) is 11.1. The van der Waals surface area contributed by atoms with E-state index >= 15 is 0 Å². The van der Waals surface area contributed by atoms with E-state index in [0.29, 0.717) is 12.2 Å². The number of oxazole rings is 1. The maximum Gasteiger partial charge on any atom is 0.270 e. The molecule has 0 aliphatic rings. The van der Waals surface area contributed by atoms with E-state index < -0.39 is 22.2 Å². The largest absolute Gasteiger partial charge is 0.444 e. The molecular formula is C13H12FN3O4. The summed E-state index contributed by atoms with van der Waals surface area (Å²) in [5.74, 6) is -0.654. The van der Waals surface area contributed by atoms with E-state index in [1.807, 2.05) is 6.92 Å². The molecule has 8 heteroatoms. The smallest absolute Gasteiger partial charge is 0.270 e. The number of nitro benzene ring substituents is 1. The van der Waals surface area contributed by atoms with Gasteiger partial charge in [-0.3, -0.25) is 14.9 Å². The van der Waals surface area contributed by atoms with Crippen LogP contribution in [0.3, 0.4) is 0 Å². The van der Waals surface area contributed by atoms with Crippen LogP contribution in [0.15, 0.2) is 28.8 Å². The normalized spacial score (nSPS) is 10.4. The van der Waals surface area contributed by atoms with Crippen molar-refractivity contribution in [3.8, 4) is 0 Å².